The molecule has 0 saturated carbocycles. The second kappa shape index (κ2) is 10.1. The van der Waals surface area contributed by atoms with Crippen LogP contribution in [-0.2, 0) is 24.1 Å². The van der Waals surface area contributed by atoms with Gasteiger partial charge in [0.05, 0.1) is 29.4 Å². The van der Waals surface area contributed by atoms with Gasteiger partial charge in [0.2, 0.25) is 5.91 Å². The van der Waals surface area contributed by atoms with Crippen molar-refractivity contribution < 1.29 is 19.1 Å². The molecule has 1 atom stereocenters. The molecule has 33 heavy (non-hydrogen) atoms. The Morgan fingerprint density at radius 1 is 1.00 bits per heavy atom. The van der Waals surface area contributed by atoms with Crippen molar-refractivity contribution in [2.45, 2.75) is 38.1 Å². The Kier molecular flexibility index (Phi) is 7.04. The number of likely N-dealkylation sites (tertiary alicyclic amines) is 1. The zero-order valence-corrected chi connectivity index (χ0v) is 18.8. The monoisotopic (exact) mass is 466 g/mol. The topological polar surface area (TPSA) is 70.5 Å². The van der Waals surface area contributed by atoms with Crippen LogP contribution in [0.4, 0.5) is 4.39 Å². The summed E-state index contributed by atoms with van der Waals surface area (Å²) in [6.07, 6.45) is 2.87. The molecule has 3 aromatic rings. The molecule has 1 aliphatic rings. The van der Waals surface area contributed by atoms with Gasteiger partial charge in [-0.25, -0.2) is 9.18 Å². The third-order valence-electron chi connectivity index (χ3n) is 5.97. The maximum absolute atomic E-state index is 13.2. The van der Waals surface area contributed by atoms with Gasteiger partial charge in [-0.3, -0.25) is 9.78 Å². The van der Waals surface area contributed by atoms with Crippen molar-refractivity contribution in [3.63, 3.8) is 0 Å². The Labute approximate surface area is 196 Å². The number of aryl methyl sites for hydroxylation is 2. The van der Waals surface area contributed by atoms with E-state index in [-0.39, 0.29) is 29.8 Å². The Morgan fingerprint density at radius 3 is 2.39 bits per heavy atom. The highest BCUT2D eigenvalue weighted by Crippen LogP contribution is 2.32. The van der Waals surface area contributed by atoms with Crippen LogP contribution in [0.25, 0.3) is 0 Å². The summed E-state index contributed by atoms with van der Waals surface area (Å²) in [5, 5.41) is 10.2. The molecule has 0 bridgehead atoms. The van der Waals surface area contributed by atoms with Crippen LogP contribution in [0.3, 0.4) is 0 Å². The van der Waals surface area contributed by atoms with Crippen LogP contribution in [-0.4, -0.2) is 33.4 Å². The Hall–Kier alpha value is -3.25. The number of carboxylic acid groups (broad SMARTS) is 1. The molecule has 0 aliphatic carbocycles. The molecule has 170 valence electrons. The Morgan fingerprint density at radius 2 is 1.70 bits per heavy atom. The van der Waals surface area contributed by atoms with Crippen LogP contribution in [0.15, 0.2) is 60.7 Å². The highest BCUT2D eigenvalue weighted by molar-refractivity contribution is 6.30. The number of hydrogen-bond acceptors (Lipinski definition) is 3. The van der Waals surface area contributed by atoms with Crippen LogP contribution in [0.5, 0.6) is 0 Å². The minimum atomic E-state index is -1.04. The van der Waals surface area contributed by atoms with Gasteiger partial charge in [-0.2, -0.15) is 0 Å². The number of benzene rings is 2. The number of hydrogen-bond donors (Lipinski definition) is 1. The molecule has 2 aromatic carbocycles. The minimum absolute atomic E-state index is 0.0109. The molecule has 5 nitrogen and oxygen atoms in total. The van der Waals surface area contributed by atoms with Crippen LogP contribution in [0, 0.1) is 5.82 Å². The van der Waals surface area contributed by atoms with Crippen molar-refractivity contribution in [2.75, 3.05) is 6.54 Å². The van der Waals surface area contributed by atoms with Crippen molar-refractivity contribution in [2.24, 2.45) is 0 Å². The van der Waals surface area contributed by atoms with Gasteiger partial charge in [0.1, 0.15) is 5.82 Å². The molecule has 7 heteroatoms. The summed E-state index contributed by atoms with van der Waals surface area (Å²) in [5.74, 6) is -1.34. The molecular weight excluding hydrogens is 443 g/mol. The Balaban J connectivity index is 1.53. The molecule has 1 N–H and O–H groups in total. The summed E-state index contributed by atoms with van der Waals surface area (Å²) in [5.41, 5.74) is 3.13. The molecule has 0 spiro atoms. The molecule has 1 saturated heterocycles. The molecule has 1 unspecified atom stereocenters. The van der Waals surface area contributed by atoms with Crippen molar-refractivity contribution in [1.82, 2.24) is 9.88 Å². The lowest BCUT2D eigenvalue weighted by Gasteiger charge is -2.25. The van der Waals surface area contributed by atoms with E-state index >= 15 is 0 Å². The molecule has 1 amide bonds. The lowest BCUT2D eigenvalue weighted by atomic mass is 10.0. The van der Waals surface area contributed by atoms with Gasteiger partial charge in [-0.1, -0.05) is 35.9 Å². The number of pyridine rings is 1. The van der Waals surface area contributed by atoms with E-state index in [0.29, 0.717) is 35.8 Å². The summed E-state index contributed by atoms with van der Waals surface area (Å²) >= 11 is 5.94. The number of rotatable bonds is 7. The third-order valence-corrected chi connectivity index (χ3v) is 6.23. The number of aromatic nitrogens is 1. The second-order valence-electron chi connectivity index (χ2n) is 8.21. The average Bonchev–Trinajstić information content (AvgIpc) is 3.30. The number of carbonyl (C=O) groups excluding carboxylic acids is 1. The van der Waals surface area contributed by atoms with Crippen LogP contribution < -0.4 is 0 Å². The van der Waals surface area contributed by atoms with E-state index in [1.54, 1.807) is 36.4 Å². The van der Waals surface area contributed by atoms with Crippen molar-refractivity contribution >= 4 is 23.5 Å². The predicted molar refractivity (Wildman–Crippen MR) is 124 cm³/mol. The van der Waals surface area contributed by atoms with Gasteiger partial charge in [0.25, 0.3) is 0 Å². The molecule has 1 aromatic heterocycles. The van der Waals surface area contributed by atoms with E-state index in [4.69, 9.17) is 16.6 Å². The Bertz CT molecular complexity index is 1150. The molecule has 0 radical (unpaired) electrons. The SMILES string of the molecule is O=C(O)c1ccc(C2CCCN2C(=O)Cc2ccc(Cl)cc2)nc1CCc1ccc(F)cc1. The third kappa shape index (κ3) is 5.57. The van der Waals surface area contributed by atoms with Gasteiger partial charge in [-0.15, -0.1) is 0 Å². The molecular formula is C26H24ClFN2O3. The van der Waals surface area contributed by atoms with E-state index in [2.05, 4.69) is 0 Å². The van der Waals surface area contributed by atoms with Crippen molar-refractivity contribution in [1.29, 1.82) is 0 Å². The number of carboxylic acids is 1. The van der Waals surface area contributed by atoms with E-state index in [9.17, 15) is 19.1 Å². The first-order valence-corrected chi connectivity index (χ1v) is 11.3. The molecule has 2 heterocycles. The first kappa shape index (κ1) is 22.9. The lowest BCUT2D eigenvalue weighted by Crippen LogP contribution is -2.32. The first-order chi connectivity index (χ1) is 15.9. The number of amides is 1. The number of carbonyl (C=O) groups is 2. The second-order valence-corrected chi connectivity index (χ2v) is 8.65. The van der Waals surface area contributed by atoms with E-state index in [1.807, 2.05) is 17.0 Å². The van der Waals surface area contributed by atoms with Gasteiger partial charge in [0.15, 0.2) is 0 Å². The van der Waals surface area contributed by atoms with Gasteiger partial charge in [0, 0.05) is 11.6 Å². The quantitative estimate of drug-likeness (QED) is 0.515. The lowest BCUT2D eigenvalue weighted by molar-refractivity contribution is -0.131. The van der Waals surface area contributed by atoms with Gasteiger partial charge in [-0.05, 0) is 73.2 Å². The highest BCUT2D eigenvalue weighted by atomic mass is 35.5. The van der Waals surface area contributed by atoms with E-state index < -0.39 is 5.97 Å². The number of nitrogens with zero attached hydrogens (tertiary/aromatic N) is 2. The fourth-order valence-electron chi connectivity index (χ4n) is 4.25. The van der Waals surface area contributed by atoms with Crippen LogP contribution in [0.2, 0.25) is 5.02 Å². The highest BCUT2D eigenvalue weighted by Gasteiger charge is 2.31. The van der Waals surface area contributed by atoms with Gasteiger partial charge >= 0.3 is 5.97 Å². The smallest absolute Gasteiger partial charge is 0.337 e. The normalized spacial score (nSPS) is 15.6. The van der Waals surface area contributed by atoms with Crippen molar-refractivity contribution in [3.8, 4) is 0 Å². The molecule has 1 aliphatic heterocycles. The zero-order valence-electron chi connectivity index (χ0n) is 18.0. The summed E-state index contributed by atoms with van der Waals surface area (Å²) in [4.78, 5) is 31.3. The van der Waals surface area contributed by atoms with Crippen LogP contribution in [0.1, 0.15) is 51.8 Å². The largest absolute Gasteiger partial charge is 0.478 e. The summed E-state index contributed by atoms with van der Waals surface area (Å²) in [7, 11) is 0. The fraction of sp³-hybridized carbons (Fsp3) is 0.269. The van der Waals surface area contributed by atoms with E-state index in [0.717, 1.165) is 24.0 Å². The average molecular weight is 467 g/mol. The van der Waals surface area contributed by atoms with Crippen molar-refractivity contribution in [3.05, 3.63) is 99.6 Å². The maximum atomic E-state index is 13.2. The van der Waals surface area contributed by atoms with Gasteiger partial charge < -0.3 is 10.0 Å². The van der Waals surface area contributed by atoms with E-state index in [1.165, 1.54) is 12.1 Å². The number of halogens is 2. The standard InChI is InChI=1S/C26H24ClFN2O3/c27-19-8-3-18(4-9-19)16-25(31)30-15-1-2-24(30)23-14-12-21(26(32)33)22(29-23)13-7-17-5-10-20(28)11-6-17/h3-6,8-12,14,24H,1-2,7,13,15-16H2,(H,32,33). The molecule has 1 fully saturated rings. The zero-order chi connectivity index (χ0) is 23.4. The summed E-state index contributed by atoms with van der Waals surface area (Å²) in [6.45, 7) is 0.643. The number of aromatic carboxylic acids is 1. The predicted octanol–water partition coefficient (Wildman–Crippen LogP) is 5.26. The maximum Gasteiger partial charge on any atom is 0.337 e. The minimum Gasteiger partial charge on any atom is -0.478 e. The fourth-order valence-corrected chi connectivity index (χ4v) is 4.38. The van der Waals surface area contributed by atoms with Crippen LogP contribution >= 0.6 is 11.6 Å². The first-order valence-electron chi connectivity index (χ1n) is 10.9. The molecule has 4 rings (SSSR count). The summed E-state index contributed by atoms with van der Waals surface area (Å²) in [6, 6.07) is 16.5. The summed E-state index contributed by atoms with van der Waals surface area (Å²) < 4.78 is 13.2.